The summed E-state index contributed by atoms with van der Waals surface area (Å²) in [5.74, 6) is 1.69. The summed E-state index contributed by atoms with van der Waals surface area (Å²) in [4.78, 5) is 0. The van der Waals surface area contributed by atoms with Crippen molar-refractivity contribution in [1.82, 2.24) is 5.32 Å². The Balaban J connectivity index is 2.49. The Morgan fingerprint density at radius 3 is 2.19 bits per heavy atom. The molecule has 1 saturated carbocycles. The summed E-state index contributed by atoms with van der Waals surface area (Å²) >= 11 is 0. The first-order valence-corrected chi connectivity index (χ1v) is 8.37. The van der Waals surface area contributed by atoms with E-state index in [1.165, 1.54) is 38.4 Å². The molecule has 0 bridgehead atoms. The van der Waals surface area contributed by atoms with Gasteiger partial charge >= 0.3 is 0 Å². The van der Waals surface area contributed by atoms with E-state index in [9.17, 15) is 8.42 Å². The summed E-state index contributed by atoms with van der Waals surface area (Å²) in [7, 11) is -0.990. The van der Waals surface area contributed by atoms with Crippen molar-refractivity contribution >= 4 is 9.84 Å². The predicted molar refractivity (Wildman–Crippen MR) is 68.3 cm³/mol. The lowest BCUT2D eigenvalue weighted by Gasteiger charge is -2.33. The van der Waals surface area contributed by atoms with Crippen LogP contribution in [0.25, 0.3) is 0 Å². The van der Waals surface area contributed by atoms with Gasteiger partial charge in [0.05, 0.1) is 5.75 Å². The molecule has 1 atom stereocenters. The summed E-state index contributed by atoms with van der Waals surface area (Å²) in [6, 6.07) is 0.146. The summed E-state index contributed by atoms with van der Waals surface area (Å²) in [6.07, 6.45) is 7.49. The van der Waals surface area contributed by atoms with Gasteiger partial charge in [-0.1, -0.05) is 26.2 Å². The van der Waals surface area contributed by atoms with Gasteiger partial charge in [0.2, 0.25) is 0 Å². The van der Waals surface area contributed by atoms with Crippen LogP contribution >= 0.6 is 0 Å². The molecule has 16 heavy (non-hydrogen) atoms. The molecule has 1 aliphatic carbocycles. The normalized spacial score (nSPS) is 28.9. The quantitative estimate of drug-likeness (QED) is 0.806. The highest BCUT2D eigenvalue weighted by Gasteiger charge is 2.28. The fourth-order valence-electron chi connectivity index (χ4n) is 2.78. The molecule has 1 unspecified atom stereocenters. The van der Waals surface area contributed by atoms with Crippen molar-refractivity contribution in [2.45, 2.75) is 45.1 Å². The smallest absolute Gasteiger partial charge is 0.148 e. The lowest BCUT2D eigenvalue weighted by atomic mass is 9.78. The molecule has 3 nitrogen and oxygen atoms in total. The fraction of sp³-hybridized carbons (Fsp3) is 1.00. The molecule has 0 saturated heterocycles. The summed E-state index contributed by atoms with van der Waals surface area (Å²) in [6.45, 7) is 2.25. The largest absolute Gasteiger partial charge is 0.316 e. The number of hydrogen-bond acceptors (Lipinski definition) is 3. The second-order valence-electron chi connectivity index (χ2n) is 5.18. The Labute approximate surface area is 99.9 Å². The zero-order valence-corrected chi connectivity index (χ0v) is 11.5. The zero-order valence-electron chi connectivity index (χ0n) is 10.7. The molecule has 0 radical (unpaired) electrons. The Morgan fingerprint density at radius 1 is 1.25 bits per heavy atom. The van der Waals surface area contributed by atoms with Crippen LogP contribution in [0.1, 0.15) is 39.0 Å². The first-order valence-electron chi connectivity index (χ1n) is 6.31. The molecular weight excluding hydrogens is 222 g/mol. The van der Waals surface area contributed by atoms with Crippen molar-refractivity contribution < 1.29 is 8.42 Å². The second-order valence-corrected chi connectivity index (χ2v) is 7.36. The van der Waals surface area contributed by atoms with E-state index in [0.29, 0.717) is 5.92 Å². The van der Waals surface area contributed by atoms with Crippen LogP contribution in [0.5, 0.6) is 0 Å². The van der Waals surface area contributed by atoms with Gasteiger partial charge in [-0.2, -0.15) is 0 Å². The fourth-order valence-corrected chi connectivity index (χ4v) is 3.87. The van der Waals surface area contributed by atoms with Gasteiger partial charge in [-0.15, -0.1) is 0 Å². The van der Waals surface area contributed by atoms with Crippen molar-refractivity contribution in [1.29, 1.82) is 0 Å². The van der Waals surface area contributed by atoms with Gasteiger partial charge in [0.25, 0.3) is 0 Å². The van der Waals surface area contributed by atoms with E-state index in [1.807, 2.05) is 7.05 Å². The minimum Gasteiger partial charge on any atom is -0.316 e. The molecular formula is C12H25NO2S. The van der Waals surface area contributed by atoms with Crippen LogP contribution in [-0.4, -0.2) is 33.5 Å². The average Bonchev–Trinajstić information content (AvgIpc) is 2.25. The molecule has 0 spiro atoms. The van der Waals surface area contributed by atoms with E-state index in [0.717, 1.165) is 5.92 Å². The van der Waals surface area contributed by atoms with E-state index in [4.69, 9.17) is 0 Å². The first kappa shape index (κ1) is 14.0. The highest BCUT2D eigenvalue weighted by atomic mass is 32.2. The van der Waals surface area contributed by atoms with Gasteiger partial charge in [-0.3, -0.25) is 0 Å². The van der Waals surface area contributed by atoms with E-state index in [2.05, 4.69) is 12.2 Å². The average molecular weight is 247 g/mol. The SMILES string of the molecule is CCC1CCC(C(CS(C)(=O)=O)NC)CC1. The first-order chi connectivity index (χ1) is 7.46. The van der Waals surface area contributed by atoms with Crippen molar-refractivity contribution in [2.75, 3.05) is 19.1 Å². The highest BCUT2D eigenvalue weighted by Crippen LogP contribution is 2.32. The Morgan fingerprint density at radius 2 is 1.81 bits per heavy atom. The van der Waals surface area contributed by atoms with Crippen molar-refractivity contribution in [2.24, 2.45) is 11.8 Å². The van der Waals surface area contributed by atoms with Crippen LogP contribution < -0.4 is 5.32 Å². The van der Waals surface area contributed by atoms with Gasteiger partial charge in [-0.05, 0) is 31.7 Å². The number of sulfone groups is 1. The summed E-state index contributed by atoms with van der Waals surface area (Å²) in [5.41, 5.74) is 0. The standard InChI is InChI=1S/C12H25NO2S/c1-4-10-5-7-11(8-6-10)12(13-2)9-16(3,14)15/h10-13H,4-9H2,1-3H3. The van der Waals surface area contributed by atoms with Crippen LogP contribution in [0.3, 0.4) is 0 Å². The third kappa shape index (κ3) is 4.42. The number of rotatable bonds is 5. The molecule has 96 valence electrons. The van der Waals surface area contributed by atoms with Crippen LogP contribution in [-0.2, 0) is 9.84 Å². The monoisotopic (exact) mass is 247 g/mol. The zero-order chi connectivity index (χ0) is 12.2. The van der Waals surface area contributed by atoms with Crippen LogP contribution in [0.2, 0.25) is 0 Å². The van der Waals surface area contributed by atoms with Gasteiger partial charge in [0.15, 0.2) is 0 Å². The maximum absolute atomic E-state index is 11.3. The Kier molecular flexibility index (Phi) is 5.25. The molecule has 1 N–H and O–H groups in total. The molecule has 0 aromatic carbocycles. The molecule has 0 amide bonds. The van der Waals surface area contributed by atoms with Gasteiger partial charge in [0, 0.05) is 12.3 Å². The third-order valence-corrected chi connectivity index (χ3v) is 4.86. The van der Waals surface area contributed by atoms with Gasteiger partial charge < -0.3 is 5.32 Å². The van der Waals surface area contributed by atoms with E-state index in [-0.39, 0.29) is 11.8 Å². The van der Waals surface area contributed by atoms with Crippen LogP contribution in [0, 0.1) is 11.8 Å². The number of hydrogen-bond donors (Lipinski definition) is 1. The molecule has 0 heterocycles. The molecule has 0 aromatic heterocycles. The minimum atomic E-state index is -2.87. The lowest BCUT2D eigenvalue weighted by Crippen LogP contribution is -2.41. The van der Waals surface area contributed by atoms with Crippen molar-refractivity contribution in [3.63, 3.8) is 0 Å². The second kappa shape index (κ2) is 6.01. The molecule has 1 aliphatic rings. The molecule has 0 aromatic rings. The number of nitrogens with one attached hydrogen (secondary N) is 1. The molecule has 0 aliphatic heterocycles. The molecule has 4 heteroatoms. The maximum atomic E-state index is 11.3. The van der Waals surface area contributed by atoms with E-state index in [1.54, 1.807) is 0 Å². The van der Waals surface area contributed by atoms with Crippen LogP contribution in [0.4, 0.5) is 0 Å². The van der Waals surface area contributed by atoms with Crippen molar-refractivity contribution in [3.8, 4) is 0 Å². The van der Waals surface area contributed by atoms with E-state index >= 15 is 0 Å². The van der Waals surface area contributed by atoms with Crippen LogP contribution in [0.15, 0.2) is 0 Å². The molecule has 1 fully saturated rings. The summed E-state index contributed by atoms with van der Waals surface area (Å²) < 4.78 is 22.6. The van der Waals surface area contributed by atoms with Crippen molar-refractivity contribution in [3.05, 3.63) is 0 Å². The third-order valence-electron chi connectivity index (χ3n) is 3.89. The predicted octanol–water partition coefficient (Wildman–Crippen LogP) is 1.84. The Bertz CT molecular complexity index is 292. The molecule has 1 rings (SSSR count). The van der Waals surface area contributed by atoms with E-state index < -0.39 is 9.84 Å². The van der Waals surface area contributed by atoms with Gasteiger partial charge in [-0.25, -0.2) is 8.42 Å². The maximum Gasteiger partial charge on any atom is 0.148 e. The highest BCUT2D eigenvalue weighted by molar-refractivity contribution is 7.90. The topological polar surface area (TPSA) is 46.2 Å². The summed E-state index contributed by atoms with van der Waals surface area (Å²) in [5, 5.41) is 3.18. The Hall–Kier alpha value is -0.0900. The van der Waals surface area contributed by atoms with Gasteiger partial charge in [0.1, 0.15) is 9.84 Å². The minimum absolute atomic E-state index is 0.146. The lowest BCUT2D eigenvalue weighted by molar-refractivity contribution is 0.232.